The average Bonchev–Trinajstić information content (AvgIpc) is 3.53. The fourth-order valence-electron chi connectivity index (χ4n) is 10.5. The van der Waals surface area contributed by atoms with Crippen LogP contribution in [0.3, 0.4) is 0 Å². The van der Waals surface area contributed by atoms with Crippen LogP contribution in [0, 0.1) is 11.7 Å². The number of anilines is 1. The van der Waals surface area contributed by atoms with Crippen molar-refractivity contribution in [1.29, 1.82) is 0 Å². The Bertz CT molecular complexity index is 3170. The zero-order valence-electron chi connectivity index (χ0n) is 47.0. The number of likely N-dealkylation sites (tertiary alicyclic amines) is 2. The largest absolute Gasteiger partial charge is 0.444 e. The van der Waals surface area contributed by atoms with Crippen molar-refractivity contribution in [2.75, 3.05) is 103 Å². The van der Waals surface area contributed by atoms with E-state index in [0.29, 0.717) is 86.0 Å². The number of benzene rings is 2. The van der Waals surface area contributed by atoms with Crippen molar-refractivity contribution in [2.45, 2.75) is 84.5 Å². The van der Waals surface area contributed by atoms with Gasteiger partial charge in [-0.3, -0.25) is 33.8 Å². The number of aromatic amines is 1. The third-order valence-electron chi connectivity index (χ3n) is 14.9. The number of aromatic nitrogens is 5. The van der Waals surface area contributed by atoms with Gasteiger partial charge in [-0.05, 0) is 102 Å². The zero-order chi connectivity index (χ0) is 57.6. The monoisotopic (exact) mass is 1110 g/mol. The molecule has 4 aliphatic rings. The highest BCUT2D eigenvalue weighted by Crippen LogP contribution is 2.32. The average molecular weight is 1110 g/mol. The van der Waals surface area contributed by atoms with Gasteiger partial charge in [0.05, 0.1) is 41.1 Å². The Morgan fingerprint density at radius 1 is 0.753 bits per heavy atom. The van der Waals surface area contributed by atoms with E-state index in [4.69, 9.17) is 9.47 Å². The number of nitrogens with one attached hydrogen (secondary N) is 2. The Labute approximate surface area is 469 Å². The standard InChI is InChI=1S/C58H72FN13O9/c1-57(2,3)80-55(78)71-32-41(33-71)40-29-48(63-49(73)35-72(56(79)81-58(4,5)6)34-42-13-16-60-37-62-42)51(61-30-40)54(77)69-17-14-38(15-18-69)31-66-19-21-67(22-20-66)36-50(74)68-23-25-70(26-24-68)53(76)45-27-39(11-12-46(45)59)28-47-43-9-7-8-10-44(43)52(75)65-64-47/h7-13,16,27,29-30,37-38,41H,14-15,17-26,28,31-36H2,1-6H3,(H,63,73)(H,65,75). The van der Waals surface area contributed by atoms with Crippen LogP contribution in [0.25, 0.3) is 10.8 Å². The third-order valence-corrected chi connectivity index (χ3v) is 14.9. The number of rotatable bonds is 14. The Kier molecular flexibility index (Phi) is 17.7. The van der Waals surface area contributed by atoms with Gasteiger partial charge in [0.2, 0.25) is 11.8 Å². The topological polar surface area (TPSA) is 240 Å². The molecule has 0 unspecified atom stereocenters. The molecule has 430 valence electrons. The molecule has 2 N–H and O–H groups in total. The molecule has 5 aromatic rings. The summed E-state index contributed by atoms with van der Waals surface area (Å²) in [7, 11) is 0. The number of piperazine rings is 2. The van der Waals surface area contributed by atoms with E-state index in [1.165, 1.54) is 23.4 Å². The van der Waals surface area contributed by atoms with Crippen LogP contribution in [0.15, 0.2) is 78.1 Å². The molecule has 22 nitrogen and oxygen atoms in total. The van der Waals surface area contributed by atoms with Gasteiger partial charge in [0.15, 0.2) is 5.69 Å². The lowest BCUT2D eigenvalue weighted by Gasteiger charge is -2.40. The highest BCUT2D eigenvalue weighted by molar-refractivity contribution is 6.03. The van der Waals surface area contributed by atoms with E-state index in [-0.39, 0.29) is 72.8 Å². The van der Waals surface area contributed by atoms with Crippen molar-refractivity contribution >= 4 is 52.3 Å². The molecule has 3 aromatic heterocycles. The lowest BCUT2D eigenvalue weighted by Crippen LogP contribution is -2.55. The molecule has 0 radical (unpaired) electrons. The Balaban J connectivity index is 0.748. The van der Waals surface area contributed by atoms with Gasteiger partial charge in [-0.1, -0.05) is 24.3 Å². The highest BCUT2D eigenvalue weighted by atomic mass is 19.1. The molecule has 2 aromatic carbocycles. The van der Waals surface area contributed by atoms with Gasteiger partial charge in [0.1, 0.15) is 29.9 Å². The molecule has 9 rings (SSSR count). The van der Waals surface area contributed by atoms with Crippen molar-refractivity contribution in [2.24, 2.45) is 5.92 Å². The van der Waals surface area contributed by atoms with Gasteiger partial charge < -0.3 is 39.3 Å². The molecule has 0 saturated carbocycles. The number of piperidine rings is 1. The number of pyridine rings is 1. The summed E-state index contributed by atoms with van der Waals surface area (Å²) in [6, 6.07) is 14.9. The zero-order valence-corrected chi connectivity index (χ0v) is 47.0. The Hall–Kier alpha value is -7.92. The number of fused-ring (bicyclic) bond motifs is 1. The van der Waals surface area contributed by atoms with E-state index in [9.17, 15) is 33.6 Å². The number of ether oxygens (including phenoxy) is 2. The van der Waals surface area contributed by atoms with Crippen LogP contribution in [0.1, 0.15) is 104 Å². The quantitative estimate of drug-likeness (QED) is 0.149. The summed E-state index contributed by atoms with van der Waals surface area (Å²) >= 11 is 0. The molecule has 81 heavy (non-hydrogen) atoms. The fraction of sp³-hybridized carbons (Fsp3) is 0.500. The minimum absolute atomic E-state index is 0.0116. The van der Waals surface area contributed by atoms with Crippen molar-refractivity contribution in [3.05, 3.63) is 123 Å². The SMILES string of the molecule is CC(C)(C)OC(=O)N(CC(=O)Nc1cc(C2CN(C(=O)OC(C)(C)C)C2)cnc1C(=O)N1CCC(CN2CCN(CC(=O)N3CCN(C(=O)c4cc(Cc5n[nH]c(=O)c6ccccc56)ccc4F)CC3)CC2)CC1)Cc1ccncn1. The third kappa shape index (κ3) is 14.9. The number of hydrogen-bond donors (Lipinski definition) is 2. The molecule has 0 bridgehead atoms. The highest BCUT2D eigenvalue weighted by Gasteiger charge is 2.37. The first-order valence-corrected chi connectivity index (χ1v) is 27.7. The minimum Gasteiger partial charge on any atom is -0.444 e. The number of hydrogen-bond acceptors (Lipinski definition) is 15. The summed E-state index contributed by atoms with van der Waals surface area (Å²) in [6.45, 7) is 17.2. The second-order valence-electron chi connectivity index (χ2n) is 23.4. The number of carbonyl (C=O) groups is 6. The molecule has 23 heteroatoms. The normalized spacial score (nSPS) is 16.9. The molecule has 7 heterocycles. The smallest absolute Gasteiger partial charge is 0.411 e. The molecule has 6 amide bonds. The van der Waals surface area contributed by atoms with Gasteiger partial charge in [0.25, 0.3) is 17.4 Å². The number of amides is 6. The Morgan fingerprint density at radius 3 is 2.10 bits per heavy atom. The molecule has 4 fully saturated rings. The molecular weight excluding hydrogens is 1040 g/mol. The first-order chi connectivity index (χ1) is 38.6. The van der Waals surface area contributed by atoms with Crippen LogP contribution in [0.2, 0.25) is 0 Å². The van der Waals surface area contributed by atoms with Crippen LogP contribution in [0.4, 0.5) is 19.7 Å². The van der Waals surface area contributed by atoms with Gasteiger partial charge >= 0.3 is 12.2 Å². The van der Waals surface area contributed by atoms with Crippen LogP contribution >= 0.6 is 0 Å². The lowest BCUT2D eigenvalue weighted by atomic mass is 9.92. The second-order valence-corrected chi connectivity index (χ2v) is 23.4. The minimum atomic E-state index is -0.837. The van der Waals surface area contributed by atoms with E-state index in [2.05, 4.69) is 40.3 Å². The van der Waals surface area contributed by atoms with Crippen LogP contribution in [0.5, 0.6) is 0 Å². The van der Waals surface area contributed by atoms with Crippen molar-refractivity contribution < 1.29 is 42.6 Å². The predicted octanol–water partition coefficient (Wildman–Crippen LogP) is 5.00. The van der Waals surface area contributed by atoms with Gasteiger partial charge in [-0.2, -0.15) is 5.10 Å². The van der Waals surface area contributed by atoms with E-state index in [0.717, 1.165) is 38.0 Å². The maximum atomic E-state index is 15.2. The summed E-state index contributed by atoms with van der Waals surface area (Å²) in [5.74, 6) is -1.77. The fourth-order valence-corrected chi connectivity index (χ4v) is 10.5. The maximum absolute atomic E-state index is 15.2. The van der Waals surface area contributed by atoms with Crippen molar-refractivity contribution in [3.63, 3.8) is 0 Å². The molecule has 0 spiro atoms. The van der Waals surface area contributed by atoms with Gasteiger partial charge in [-0.15, -0.1) is 0 Å². The summed E-state index contributed by atoms with van der Waals surface area (Å²) in [5.41, 5.74) is 0.935. The Morgan fingerprint density at radius 2 is 1.42 bits per heavy atom. The number of nitrogens with zero attached hydrogens (tertiary/aromatic N) is 11. The molecule has 0 aliphatic carbocycles. The second kappa shape index (κ2) is 24.8. The summed E-state index contributed by atoms with van der Waals surface area (Å²) in [4.78, 5) is 119. The molecule has 4 aliphatic heterocycles. The molecular formula is C58H72FN13O9. The lowest BCUT2D eigenvalue weighted by molar-refractivity contribution is -0.134. The summed E-state index contributed by atoms with van der Waals surface area (Å²) in [6.07, 6.45) is 5.18. The predicted molar refractivity (Wildman–Crippen MR) is 298 cm³/mol. The number of carbonyl (C=O) groups excluding carboxylic acids is 6. The van der Waals surface area contributed by atoms with Crippen LogP contribution in [-0.2, 0) is 32.0 Å². The van der Waals surface area contributed by atoms with Crippen LogP contribution < -0.4 is 10.9 Å². The number of halogens is 1. The molecule has 0 atom stereocenters. The number of H-pyrrole nitrogens is 1. The van der Waals surface area contributed by atoms with E-state index < -0.39 is 47.6 Å². The van der Waals surface area contributed by atoms with Crippen molar-refractivity contribution in [1.82, 2.24) is 59.4 Å². The van der Waals surface area contributed by atoms with E-state index in [1.54, 1.807) is 104 Å². The molecule has 4 saturated heterocycles. The van der Waals surface area contributed by atoms with Crippen LogP contribution in [-0.4, -0.2) is 205 Å². The first kappa shape index (κ1) is 57.8. The summed E-state index contributed by atoms with van der Waals surface area (Å²) in [5, 5.41) is 10.8. The maximum Gasteiger partial charge on any atom is 0.411 e. The van der Waals surface area contributed by atoms with E-state index in [1.807, 2.05) is 12.1 Å². The van der Waals surface area contributed by atoms with Crippen molar-refractivity contribution in [3.8, 4) is 0 Å². The van der Waals surface area contributed by atoms with Gasteiger partial charge in [0, 0.05) is 115 Å². The summed E-state index contributed by atoms with van der Waals surface area (Å²) < 4.78 is 26.4. The van der Waals surface area contributed by atoms with E-state index >= 15 is 4.39 Å². The van der Waals surface area contributed by atoms with Gasteiger partial charge in [-0.25, -0.2) is 34.0 Å². The first-order valence-electron chi connectivity index (χ1n) is 27.7.